The molecule has 6 nitrogen and oxygen atoms in total. The van der Waals surface area contributed by atoms with Gasteiger partial charge in [-0.25, -0.2) is 8.78 Å². The van der Waals surface area contributed by atoms with Crippen molar-refractivity contribution >= 4 is 23.4 Å². The van der Waals surface area contributed by atoms with Crippen LogP contribution in [0.1, 0.15) is 29.5 Å². The van der Waals surface area contributed by atoms with Crippen LogP contribution >= 0.6 is 0 Å². The molecule has 0 fully saturated rings. The van der Waals surface area contributed by atoms with Gasteiger partial charge in [0.05, 0.1) is 19.0 Å². The minimum atomic E-state index is -1.30. The highest BCUT2D eigenvalue weighted by Gasteiger charge is 2.45. The molecule has 3 aromatic carbocycles. The van der Waals surface area contributed by atoms with Crippen LogP contribution in [0.5, 0.6) is 0 Å². The van der Waals surface area contributed by atoms with Crippen molar-refractivity contribution in [2.24, 2.45) is 5.73 Å². The first-order valence-electron chi connectivity index (χ1n) is 12.2. The summed E-state index contributed by atoms with van der Waals surface area (Å²) in [6.45, 7) is 1.33. The van der Waals surface area contributed by atoms with Crippen molar-refractivity contribution in [2.45, 2.75) is 37.8 Å². The van der Waals surface area contributed by atoms with Crippen LogP contribution in [-0.2, 0) is 27.2 Å². The minimum absolute atomic E-state index is 0.0241. The van der Waals surface area contributed by atoms with E-state index in [1.165, 1.54) is 11.8 Å². The number of carbonyl (C=O) groups is 3. The number of hydrogen-bond acceptors (Lipinski definition) is 4. The van der Waals surface area contributed by atoms with E-state index in [4.69, 9.17) is 12.2 Å². The number of carbonyl (C=O) groups excluding carboxylic acids is 3. The van der Waals surface area contributed by atoms with Crippen LogP contribution in [0.25, 0.3) is 0 Å². The lowest BCUT2D eigenvalue weighted by molar-refractivity contribution is -0.152. The number of halogens is 2. The summed E-state index contributed by atoms with van der Waals surface area (Å²) >= 11 is 0. The third kappa shape index (κ3) is 5.48. The van der Waals surface area contributed by atoms with Crippen LogP contribution in [0.4, 0.5) is 14.5 Å². The highest BCUT2D eigenvalue weighted by molar-refractivity contribution is 6.07. The first-order chi connectivity index (χ1) is 18.2. The Bertz CT molecular complexity index is 1380. The molecular weight excluding hydrogens is 488 g/mol. The Labute approximate surface area is 220 Å². The number of benzene rings is 3. The normalized spacial score (nSPS) is 17.7. The lowest BCUT2D eigenvalue weighted by Gasteiger charge is -2.36. The topological polar surface area (TPSA) is 83.7 Å². The summed E-state index contributed by atoms with van der Waals surface area (Å²) in [4.78, 5) is 43.7. The molecule has 0 saturated carbocycles. The molecule has 0 aliphatic carbocycles. The standard InChI is InChI=1S/C30H27F2N3O3/c1-3-13-34-26-12-8-7-11-22(26)17-25(21-9-5-4-6-10-21)28(30(34)38)35(29(37)19(2)33)27(36)16-20-14-23(31)18-24(32)15-20/h1,4-12,14-15,18-19,25,28H,13,16-17,33H2,2H3/t19-,25+,28-/m0/s1. The fourth-order valence-electron chi connectivity index (χ4n) is 4.90. The number of anilines is 1. The minimum Gasteiger partial charge on any atom is -0.320 e. The predicted octanol–water partition coefficient (Wildman–Crippen LogP) is 3.58. The van der Waals surface area contributed by atoms with Crippen molar-refractivity contribution in [1.29, 1.82) is 0 Å². The van der Waals surface area contributed by atoms with E-state index in [0.717, 1.165) is 28.2 Å². The van der Waals surface area contributed by atoms with E-state index in [2.05, 4.69) is 5.92 Å². The number of amides is 3. The lowest BCUT2D eigenvalue weighted by Crippen LogP contribution is -2.59. The Morgan fingerprint density at radius 2 is 1.71 bits per heavy atom. The maximum atomic E-state index is 14.2. The molecule has 2 N–H and O–H groups in total. The van der Waals surface area contributed by atoms with Crippen molar-refractivity contribution in [3.05, 3.63) is 101 Å². The molecule has 0 unspecified atom stereocenters. The second kappa shape index (κ2) is 11.4. The molecule has 3 aromatic rings. The molecule has 0 spiro atoms. The van der Waals surface area contributed by atoms with Crippen molar-refractivity contribution in [2.75, 3.05) is 11.4 Å². The molecule has 0 aromatic heterocycles. The first kappa shape index (κ1) is 26.7. The first-order valence-corrected chi connectivity index (χ1v) is 12.2. The van der Waals surface area contributed by atoms with Crippen LogP contribution in [0, 0.1) is 24.0 Å². The Morgan fingerprint density at radius 3 is 2.34 bits per heavy atom. The summed E-state index contributed by atoms with van der Waals surface area (Å²) in [5.41, 5.74) is 8.11. The van der Waals surface area contributed by atoms with Gasteiger partial charge >= 0.3 is 0 Å². The molecule has 38 heavy (non-hydrogen) atoms. The third-order valence-corrected chi connectivity index (χ3v) is 6.55. The van der Waals surface area contributed by atoms with Crippen LogP contribution in [-0.4, -0.2) is 41.2 Å². The largest absolute Gasteiger partial charge is 0.320 e. The highest BCUT2D eigenvalue weighted by atomic mass is 19.1. The van der Waals surface area contributed by atoms with Crippen molar-refractivity contribution in [3.63, 3.8) is 0 Å². The van der Waals surface area contributed by atoms with E-state index in [-0.39, 0.29) is 12.1 Å². The molecule has 3 amide bonds. The number of nitrogens with two attached hydrogens (primary N) is 1. The van der Waals surface area contributed by atoms with Crippen molar-refractivity contribution < 1.29 is 23.2 Å². The SMILES string of the molecule is C#CCN1C(=O)[C@@H](N(C(=O)Cc2cc(F)cc(F)c2)C(=O)[C@H](C)N)[C@@H](c2ccccc2)Cc2ccccc21. The van der Waals surface area contributed by atoms with E-state index in [9.17, 15) is 23.2 Å². The van der Waals surface area contributed by atoms with Gasteiger partial charge in [-0.1, -0.05) is 54.5 Å². The Morgan fingerprint density at radius 1 is 1.08 bits per heavy atom. The Hall–Kier alpha value is -4.35. The highest BCUT2D eigenvalue weighted by Crippen LogP contribution is 2.37. The number of para-hydroxylation sites is 1. The number of rotatable bonds is 6. The van der Waals surface area contributed by atoms with E-state index in [1.54, 1.807) is 12.1 Å². The maximum Gasteiger partial charge on any atom is 0.251 e. The third-order valence-electron chi connectivity index (χ3n) is 6.55. The molecule has 8 heteroatoms. The summed E-state index contributed by atoms with van der Waals surface area (Å²) in [6.07, 6.45) is 5.42. The Kier molecular flexibility index (Phi) is 7.99. The zero-order valence-corrected chi connectivity index (χ0v) is 20.8. The van der Waals surface area contributed by atoms with Crippen LogP contribution < -0.4 is 10.6 Å². The van der Waals surface area contributed by atoms with Gasteiger partial charge in [0, 0.05) is 17.7 Å². The van der Waals surface area contributed by atoms with Crippen LogP contribution in [0.2, 0.25) is 0 Å². The van der Waals surface area contributed by atoms with E-state index >= 15 is 0 Å². The molecule has 0 saturated heterocycles. The van der Waals surface area contributed by atoms with Gasteiger partial charge in [0.1, 0.15) is 17.7 Å². The number of imide groups is 1. The molecule has 0 radical (unpaired) electrons. The predicted molar refractivity (Wildman–Crippen MR) is 140 cm³/mol. The molecule has 1 aliphatic heterocycles. The fourth-order valence-corrected chi connectivity index (χ4v) is 4.90. The monoisotopic (exact) mass is 515 g/mol. The summed E-state index contributed by atoms with van der Waals surface area (Å²) in [6, 6.07) is 16.6. The molecule has 1 heterocycles. The van der Waals surface area contributed by atoms with Crippen molar-refractivity contribution in [1.82, 2.24) is 4.90 Å². The average Bonchev–Trinajstić information content (AvgIpc) is 2.99. The zero-order chi connectivity index (χ0) is 27.4. The number of nitrogens with zero attached hydrogens (tertiary/aromatic N) is 2. The number of fused-ring (bicyclic) bond motifs is 1. The van der Waals surface area contributed by atoms with Crippen molar-refractivity contribution in [3.8, 4) is 12.3 Å². The van der Waals surface area contributed by atoms with Gasteiger partial charge < -0.3 is 5.73 Å². The molecular formula is C30H27F2N3O3. The smallest absolute Gasteiger partial charge is 0.251 e. The summed E-state index contributed by atoms with van der Waals surface area (Å²) in [5.74, 6) is -1.99. The molecule has 194 valence electrons. The average molecular weight is 516 g/mol. The van der Waals surface area contributed by atoms with Crippen LogP contribution in [0.15, 0.2) is 72.8 Å². The second-order valence-electron chi connectivity index (χ2n) is 9.27. The molecule has 1 aliphatic rings. The molecule has 3 atom stereocenters. The van der Waals surface area contributed by atoms with Gasteiger partial charge in [0.2, 0.25) is 11.8 Å². The van der Waals surface area contributed by atoms with E-state index in [1.807, 2.05) is 42.5 Å². The summed E-state index contributed by atoms with van der Waals surface area (Å²) in [5, 5.41) is 0. The van der Waals surface area contributed by atoms with Gasteiger partial charge in [-0.15, -0.1) is 6.42 Å². The van der Waals surface area contributed by atoms with Gasteiger partial charge in [0.15, 0.2) is 0 Å². The van der Waals surface area contributed by atoms with Gasteiger partial charge in [-0.2, -0.15) is 0 Å². The Balaban J connectivity index is 1.88. The number of hydrogen-bond donors (Lipinski definition) is 1. The molecule has 4 rings (SSSR count). The van der Waals surface area contributed by atoms with Crippen LogP contribution in [0.3, 0.4) is 0 Å². The quantitative estimate of drug-likeness (QED) is 0.509. The maximum absolute atomic E-state index is 14.2. The van der Waals surface area contributed by atoms with Gasteiger partial charge in [-0.3, -0.25) is 24.2 Å². The molecule has 0 bridgehead atoms. The fraction of sp³-hybridized carbons (Fsp3) is 0.233. The summed E-state index contributed by atoms with van der Waals surface area (Å²) < 4.78 is 27.8. The van der Waals surface area contributed by atoms with E-state index < -0.39 is 53.8 Å². The lowest BCUT2D eigenvalue weighted by atomic mass is 9.85. The van der Waals surface area contributed by atoms with E-state index in [0.29, 0.717) is 18.2 Å². The van der Waals surface area contributed by atoms with Gasteiger partial charge in [-0.05, 0) is 48.2 Å². The second-order valence-corrected chi connectivity index (χ2v) is 9.27. The number of terminal acetylenes is 1. The summed E-state index contributed by atoms with van der Waals surface area (Å²) in [7, 11) is 0. The van der Waals surface area contributed by atoms with Gasteiger partial charge in [0.25, 0.3) is 5.91 Å². The zero-order valence-electron chi connectivity index (χ0n) is 20.8.